The molecule has 0 aromatic carbocycles. The molecule has 6 N–H and O–H groups in total. The smallest absolute Gasteiger partial charge is 0.322 e. The van der Waals surface area contributed by atoms with Crippen molar-refractivity contribution in [1.82, 2.24) is 10.6 Å². The predicted octanol–water partition coefficient (Wildman–Crippen LogP) is -1.96. The molecule has 19 heavy (non-hydrogen) atoms. The van der Waals surface area contributed by atoms with E-state index in [1.807, 2.05) is 13.8 Å². The minimum absolute atomic E-state index is 0.217. The third kappa shape index (κ3) is 7.37. The van der Waals surface area contributed by atoms with Gasteiger partial charge in [0.1, 0.15) is 12.6 Å². The van der Waals surface area contributed by atoms with Gasteiger partial charge in [-0.05, 0) is 12.3 Å². The van der Waals surface area contributed by atoms with Gasteiger partial charge in [0, 0.05) is 0 Å². The number of carbonyl (C=O) groups is 3. The number of rotatable bonds is 8. The van der Waals surface area contributed by atoms with Crippen molar-refractivity contribution in [3.8, 4) is 0 Å². The molecule has 8 heteroatoms. The molecule has 0 aliphatic carbocycles. The number of aliphatic carboxylic acids is 1. The maximum Gasteiger partial charge on any atom is 0.322 e. The average molecular weight is 275 g/mol. The highest BCUT2D eigenvalue weighted by Crippen LogP contribution is 2.02. The summed E-state index contributed by atoms with van der Waals surface area (Å²) in [5.41, 5.74) is 5.62. The summed E-state index contributed by atoms with van der Waals surface area (Å²) in [6.45, 7) is 2.58. The van der Waals surface area contributed by atoms with Crippen molar-refractivity contribution < 1.29 is 24.6 Å². The highest BCUT2D eigenvalue weighted by molar-refractivity contribution is 5.91. The quantitative estimate of drug-likeness (QED) is 0.348. The standard InChI is InChI=1S/C11H21N3O5/c1-6(2)3-7(12)10(18)14-8(5-15)11(19)13-4-9(16)17/h6-8,15H,3-5,12H2,1-2H3,(H,13,19)(H,14,18)(H,16,17)/t7-,8-/m0/s1. The van der Waals surface area contributed by atoms with Gasteiger partial charge >= 0.3 is 5.97 Å². The van der Waals surface area contributed by atoms with Crippen molar-refractivity contribution in [2.24, 2.45) is 11.7 Å². The molecule has 0 rings (SSSR count). The Morgan fingerprint density at radius 1 is 1.21 bits per heavy atom. The van der Waals surface area contributed by atoms with Gasteiger partial charge in [-0.2, -0.15) is 0 Å². The Bertz CT molecular complexity index is 332. The SMILES string of the molecule is CC(C)C[C@H](N)C(=O)N[C@@H](CO)C(=O)NCC(=O)O. The number of carboxylic acid groups (broad SMARTS) is 1. The molecule has 0 heterocycles. The fraction of sp³-hybridized carbons (Fsp3) is 0.727. The normalized spacial score (nSPS) is 13.7. The number of nitrogens with two attached hydrogens (primary N) is 1. The van der Waals surface area contributed by atoms with Gasteiger partial charge in [0.15, 0.2) is 0 Å². The van der Waals surface area contributed by atoms with E-state index in [0.717, 1.165) is 0 Å². The maximum absolute atomic E-state index is 11.6. The minimum Gasteiger partial charge on any atom is -0.480 e. The highest BCUT2D eigenvalue weighted by Gasteiger charge is 2.23. The van der Waals surface area contributed by atoms with Crippen LogP contribution in [0.4, 0.5) is 0 Å². The van der Waals surface area contributed by atoms with Crippen LogP contribution in [0.2, 0.25) is 0 Å². The molecule has 0 unspecified atom stereocenters. The average Bonchev–Trinajstić information content (AvgIpc) is 2.31. The largest absolute Gasteiger partial charge is 0.480 e. The van der Waals surface area contributed by atoms with Gasteiger partial charge in [0.25, 0.3) is 0 Å². The van der Waals surface area contributed by atoms with E-state index in [0.29, 0.717) is 6.42 Å². The lowest BCUT2D eigenvalue weighted by Gasteiger charge is -2.19. The van der Waals surface area contributed by atoms with Gasteiger partial charge in [-0.3, -0.25) is 14.4 Å². The van der Waals surface area contributed by atoms with Gasteiger partial charge in [0.2, 0.25) is 11.8 Å². The van der Waals surface area contributed by atoms with Crippen LogP contribution in [-0.2, 0) is 14.4 Å². The van der Waals surface area contributed by atoms with Crippen molar-refractivity contribution >= 4 is 17.8 Å². The topological polar surface area (TPSA) is 142 Å². The van der Waals surface area contributed by atoms with E-state index in [1.165, 1.54) is 0 Å². The van der Waals surface area contributed by atoms with Crippen LogP contribution in [0.15, 0.2) is 0 Å². The summed E-state index contributed by atoms with van der Waals surface area (Å²) >= 11 is 0. The van der Waals surface area contributed by atoms with Crippen molar-refractivity contribution in [3.63, 3.8) is 0 Å². The molecule has 0 fully saturated rings. The third-order valence-electron chi connectivity index (χ3n) is 2.29. The van der Waals surface area contributed by atoms with Crippen molar-refractivity contribution in [1.29, 1.82) is 0 Å². The molecule has 0 saturated carbocycles. The number of carboxylic acids is 1. The number of hydrogen-bond donors (Lipinski definition) is 5. The number of aliphatic hydroxyl groups excluding tert-OH is 1. The Morgan fingerprint density at radius 3 is 2.21 bits per heavy atom. The van der Waals surface area contributed by atoms with E-state index in [9.17, 15) is 14.4 Å². The first-order valence-electron chi connectivity index (χ1n) is 5.94. The number of amides is 2. The van der Waals surface area contributed by atoms with Crippen LogP contribution in [0, 0.1) is 5.92 Å². The summed E-state index contributed by atoms with van der Waals surface area (Å²) < 4.78 is 0. The van der Waals surface area contributed by atoms with Gasteiger partial charge in [-0.1, -0.05) is 13.8 Å². The summed E-state index contributed by atoms with van der Waals surface area (Å²) in [5.74, 6) is -2.32. The summed E-state index contributed by atoms with van der Waals surface area (Å²) in [6.07, 6.45) is 0.445. The van der Waals surface area contributed by atoms with Crippen molar-refractivity contribution in [3.05, 3.63) is 0 Å². The summed E-state index contributed by atoms with van der Waals surface area (Å²) in [6, 6.07) is -1.98. The Labute approximate surface area is 111 Å². The zero-order valence-electron chi connectivity index (χ0n) is 11.0. The number of aliphatic hydroxyl groups is 1. The Morgan fingerprint density at radius 2 is 1.79 bits per heavy atom. The first-order chi connectivity index (χ1) is 8.77. The van der Waals surface area contributed by atoms with Crippen LogP contribution in [0.1, 0.15) is 20.3 Å². The number of nitrogens with one attached hydrogen (secondary N) is 2. The van der Waals surface area contributed by atoms with Gasteiger partial charge in [0.05, 0.1) is 12.6 Å². The van der Waals surface area contributed by atoms with E-state index in [-0.39, 0.29) is 5.92 Å². The molecule has 0 radical (unpaired) electrons. The molecule has 0 aromatic rings. The fourth-order valence-electron chi connectivity index (χ4n) is 1.37. The molecule has 0 aromatic heterocycles. The van der Waals surface area contributed by atoms with Crippen LogP contribution >= 0.6 is 0 Å². The predicted molar refractivity (Wildman–Crippen MR) is 67.1 cm³/mol. The number of carbonyl (C=O) groups excluding carboxylic acids is 2. The lowest BCUT2D eigenvalue weighted by atomic mass is 10.0. The summed E-state index contributed by atoms with van der Waals surface area (Å²) in [4.78, 5) is 33.4. The molecule has 0 aliphatic heterocycles. The van der Waals surface area contributed by atoms with E-state index in [1.54, 1.807) is 0 Å². The molecule has 0 saturated heterocycles. The monoisotopic (exact) mass is 275 g/mol. The summed E-state index contributed by atoms with van der Waals surface area (Å²) in [5, 5.41) is 21.8. The van der Waals surface area contributed by atoms with Crippen LogP contribution in [0.3, 0.4) is 0 Å². The van der Waals surface area contributed by atoms with Crippen molar-refractivity contribution in [2.75, 3.05) is 13.2 Å². The van der Waals surface area contributed by atoms with Crippen LogP contribution in [0.5, 0.6) is 0 Å². The van der Waals surface area contributed by atoms with Crippen LogP contribution in [-0.4, -0.2) is 53.2 Å². The third-order valence-corrected chi connectivity index (χ3v) is 2.29. The summed E-state index contributed by atoms with van der Waals surface area (Å²) in [7, 11) is 0. The zero-order valence-corrected chi connectivity index (χ0v) is 11.0. The van der Waals surface area contributed by atoms with Gasteiger partial charge < -0.3 is 26.6 Å². The first kappa shape index (κ1) is 17.3. The molecular formula is C11H21N3O5. The molecular weight excluding hydrogens is 254 g/mol. The zero-order chi connectivity index (χ0) is 15.0. The van der Waals surface area contributed by atoms with Gasteiger partial charge in [-0.25, -0.2) is 0 Å². The highest BCUT2D eigenvalue weighted by atomic mass is 16.4. The van der Waals surface area contributed by atoms with E-state index < -0.39 is 43.0 Å². The van der Waals surface area contributed by atoms with Crippen LogP contribution < -0.4 is 16.4 Å². The second-order valence-corrected chi connectivity index (χ2v) is 4.59. The second-order valence-electron chi connectivity index (χ2n) is 4.59. The van der Waals surface area contributed by atoms with E-state index >= 15 is 0 Å². The fourth-order valence-corrected chi connectivity index (χ4v) is 1.37. The Hall–Kier alpha value is -1.67. The van der Waals surface area contributed by atoms with Crippen LogP contribution in [0.25, 0.3) is 0 Å². The lowest BCUT2D eigenvalue weighted by Crippen LogP contribution is -2.53. The van der Waals surface area contributed by atoms with Gasteiger partial charge in [-0.15, -0.1) is 0 Å². The maximum atomic E-state index is 11.6. The number of hydrogen-bond acceptors (Lipinski definition) is 5. The molecule has 0 aliphatic rings. The Balaban J connectivity index is 4.34. The molecule has 110 valence electrons. The lowest BCUT2D eigenvalue weighted by molar-refractivity contribution is -0.138. The second kappa shape index (κ2) is 8.44. The molecule has 2 amide bonds. The van der Waals surface area contributed by atoms with Crippen molar-refractivity contribution in [2.45, 2.75) is 32.4 Å². The molecule has 0 spiro atoms. The first-order valence-corrected chi connectivity index (χ1v) is 5.94. The molecule has 0 bridgehead atoms. The van der Waals surface area contributed by atoms with E-state index in [4.69, 9.17) is 15.9 Å². The van der Waals surface area contributed by atoms with E-state index in [2.05, 4.69) is 10.6 Å². The minimum atomic E-state index is -1.21. The Kier molecular flexibility index (Phi) is 7.69. The molecule has 8 nitrogen and oxygen atoms in total. The molecule has 2 atom stereocenters.